The number of ketones is 1. The second-order valence-corrected chi connectivity index (χ2v) is 9.17. The van der Waals surface area contributed by atoms with Crippen LogP contribution in [0, 0.1) is 0 Å². The Bertz CT molecular complexity index is 1500. The SMILES string of the molecule is O=C(NCc1cccc(Cl)c1)C(=O)c1c(C(F)(F)F)n(Cc2ccc(Cl)cc2Cl)c2ccc(O)cc12. The average Bonchev–Trinajstić information content (AvgIpc) is 3.12. The minimum Gasteiger partial charge on any atom is -0.508 e. The molecule has 0 aliphatic rings. The van der Waals surface area contributed by atoms with Crippen LogP contribution in [0.15, 0.2) is 60.7 Å². The van der Waals surface area contributed by atoms with E-state index >= 15 is 0 Å². The minimum absolute atomic E-state index is 0.0165. The molecule has 0 spiro atoms. The van der Waals surface area contributed by atoms with Gasteiger partial charge in [-0.1, -0.05) is 53.0 Å². The summed E-state index contributed by atoms with van der Waals surface area (Å²) in [5, 5.41) is 12.9. The molecule has 11 heteroatoms. The Hall–Kier alpha value is -3.20. The highest BCUT2D eigenvalue weighted by molar-refractivity contribution is 6.45. The number of fused-ring (bicyclic) bond motifs is 1. The number of carbonyl (C=O) groups excluding carboxylic acids is 2. The molecule has 0 aliphatic carbocycles. The fourth-order valence-corrected chi connectivity index (χ4v) is 4.56. The van der Waals surface area contributed by atoms with Crippen LogP contribution in [-0.4, -0.2) is 21.4 Å². The molecule has 1 aromatic heterocycles. The van der Waals surface area contributed by atoms with Crippen LogP contribution in [-0.2, 0) is 24.1 Å². The lowest BCUT2D eigenvalue weighted by atomic mass is 10.0. The quantitative estimate of drug-likeness (QED) is 0.201. The lowest BCUT2D eigenvalue weighted by Gasteiger charge is -2.15. The number of benzene rings is 3. The first-order chi connectivity index (χ1) is 17.0. The standard InChI is InChI=1S/C25H16Cl3F3N2O3/c26-15-3-1-2-13(8-15)11-32-24(36)22(35)21-18-10-17(34)6-7-20(18)33(23(21)25(29,30)31)12-14-4-5-16(27)9-19(14)28/h1-10,34H,11-12H2,(H,32,36). The van der Waals surface area contributed by atoms with Gasteiger partial charge in [-0.2, -0.15) is 13.2 Å². The minimum atomic E-state index is -5.02. The fraction of sp³-hybridized carbons (Fsp3) is 0.120. The number of phenols is 1. The predicted octanol–water partition coefficient (Wildman–Crippen LogP) is 6.87. The number of alkyl halides is 3. The van der Waals surface area contributed by atoms with Crippen molar-refractivity contribution < 1.29 is 27.9 Å². The second kappa shape index (κ2) is 10.0. The lowest BCUT2D eigenvalue weighted by Crippen LogP contribution is -2.32. The predicted molar refractivity (Wildman–Crippen MR) is 132 cm³/mol. The molecule has 1 heterocycles. The number of aromatic nitrogens is 1. The zero-order valence-electron chi connectivity index (χ0n) is 18.2. The highest BCUT2D eigenvalue weighted by Crippen LogP contribution is 2.40. The van der Waals surface area contributed by atoms with E-state index in [1.165, 1.54) is 30.3 Å². The maximum atomic E-state index is 14.4. The van der Waals surface area contributed by atoms with Gasteiger partial charge in [0.15, 0.2) is 0 Å². The molecule has 0 fully saturated rings. The molecule has 0 unspecified atom stereocenters. The molecule has 0 saturated heterocycles. The van der Waals surface area contributed by atoms with Crippen molar-refractivity contribution in [3.8, 4) is 5.75 Å². The maximum absolute atomic E-state index is 14.4. The van der Waals surface area contributed by atoms with Gasteiger partial charge in [-0.25, -0.2) is 0 Å². The van der Waals surface area contributed by atoms with Crippen LogP contribution < -0.4 is 5.32 Å². The lowest BCUT2D eigenvalue weighted by molar-refractivity contribution is -0.143. The third-order valence-corrected chi connectivity index (χ3v) is 6.26. The number of Topliss-reactive ketones (excluding diaryl/α,β-unsaturated/α-hetero) is 1. The topological polar surface area (TPSA) is 71.3 Å². The monoisotopic (exact) mass is 554 g/mol. The van der Waals surface area contributed by atoms with Gasteiger partial charge in [-0.3, -0.25) is 9.59 Å². The summed E-state index contributed by atoms with van der Waals surface area (Å²) in [5.74, 6) is -3.01. The first-order valence-corrected chi connectivity index (χ1v) is 11.5. The zero-order valence-corrected chi connectivity index (χ0v) is 20.4. The van der Waals surface area contributed by atoms with E-state index in [-0.39, 0.29) is 34.8 Å². The fourth-order valence-electron chi connectivity index (χ4n) is 3.87. The van der Waals surface area contributed by atoms with Gasteiger partial charge in [0, 0.05) is 39.1 Å². The molecule has 2 N–H and O–H groups in total. The van der Waals surface area contributed by atoms with Gasteiger partial charge in [0.2, 0.25) is 0 Å². The van der Waals surface area contributed by atoms with Gasteiger partial charge >= 0.3 is 6.18 Å². The van der Waals surface area contributed by atoms with Crippen molar-refractivity contribution >= 4 is 57.4 Å². The van der Waals surface area contributed by atoms with E-state index in [4.69, 9.17) is 34.8 Å². The van der Waals surface area contributed by atoms with Crippen molar-refractivity contribution in [1.82, 2.24) is 9.88 Å². The summed E-state index contributed by atoms with van der Waals surface area (Å²) in [6.07, 6.45) is -5.02. The number of nitrogens with zero attached hydrogens (tertiary/aromatic N) is 1. The molecule has 0 radical (unpaired) electrons. The Balaban J connectivity index is 1.82. The Morgan fingerprint density at radius 2 is 1.67 bits per heavy atom. The van der Waals surface area contributed by atoms with Crippen LogP contribution in [0.3, 0.4) is 0 Å². The van der Waals surface area contributed by atoms with Gasteiger partial charge in [0.1, 0.15) is 11.4 Å². The summed E-state index contributed by atoms with van der Waals surface area (Å²) in [5.41, 5.74) is -1.37. The summed E-state index contributed by atoms with van der Waals surface area (Å²) < 4.78 is 44.0. The highest BCUT2D eigenvalue weighted by Gasteiger charge is 2.42. The van der Waals surface area contributed by atoms with Crippen LogP contribution in [0.2, 0.25) is 15.1 Å². The van der Waals surface area contributed by atoms with E-state index in [9.17, 15) is 27.9 Å². The molecule has 186 valence electrons. The summed E-state index contributed by atoms with van der Waals surface area (Å²) >= 11 is 18.0. The van der Waals surface area contributed by atoms with Gasteiger partial charge in [-0.05, 0) is 53.6 Å². The van der Waals surface area contributed by atoms with E-state index in [2.05, 4.69) is 5.32 Å². The van der Waals surface area contributed by atoms with Crippen molar-refractivity contribution in [1.29, 1.82) is 0 Å². The smallest absolute Gasteiger partial charge is 0.432 e. The first kappa shape index (κ1) is 25.9. The first-order valence-electron chi connectivity index (χ1n) is 10.4. The van der Waals surface area contributed by atoms with Gasteiger partial charge in [0.05, 0.1) is 5.56 Å². The van der Waals surface area contributed by atoms with Crippen molar-refractivity contribution in [3.05, 3.63) is 98.1 Å². The highest BCUT2D eigenvalue weighted by atomic mass is 35.5. The summed E-state index contributed by atoms with van der Waals surface area (Å²) in [6, 6.07) is 14.2. The van der Waals surface area contributed by atoms with Crippen molar-refractivity contribution in [3.63, 3.8) is 0 Å². The number of hydrogen-bond donors (Lipinski definition) is 2. The van der Waals surface area contributed by atoms with Crippen molar-refractivity contribution in [2.75, 3.05) is 0 Å². The molecule has 5 nitrogen and oxygen atoms in total. The summed E-state index contributed by atoms with van der Waals surface area (Å²) in [6.45, 7) is -0.500. The Morgan fingerprint density at radius 3 is 2.33 bits per heavy atom. The number of phenolic OH excluding ortho intramolecular Hbond substituents is 1. The number of halogens is 6. The Kier molecular flexibility index (Phi) is 7.22. The van der Waals surface area contributed by atoms with Crippen LogP contribution in [0.5, 0.6) is 5.75 Å². The average molecular weight is 556 g/mol. The molecule has 0 aliphatic heterocycles. The zero-order chi connectivity index (χ0) is 26.2. The van der Waals surface area contributed by atoms with Crippen LogP contribution in [0.4, 0.5) is 13.2 Å². The summed E-state index contributed by atoms with van der Waals surface area (Å²) in [4.78, 5) is 25.8. The number of hydrogen-bond acceptors (Lipinski definition) is 3. The molecule has 3 aromatic carbocycles. The number of carbonyl (C=O) groups is 2. The van der Waals surface area contributed by atoms with E-state index < -0.39 is 29.1 Å². The van der Waals surface area contributed by atoms with Gasteiger partial charge in [-0.15, -0.1) is 0 Å². The van der Waals surface area contributed by atoms with Crippen LogP contribution >= 0.6 is 34.8 Å². The number of amides is 1. The van der Waals surface area contributed by atoms with E-state index in [1.807, 2.05) is 0 Å². The van der Waals surface area contributed by atoms with E-state index in [0.29, 0.717) is 21.2 Å². The molecule has 36 heavy (non-hydrogen) atoms. The molecule has 0 bridgehead atoms. The van der Waals surface area contributed by atoms with Gasteiger partial charge in [0.25, 0.3) is 11.7 Å². The third kappa shape index (κ3) is 5.31. The Labute approximate surface area is 218 Å². The molecule has 4 rings (SSSR count). The molecule has 0 saturated carbocycles. The van der Waals surface area contributed by atoms with Crippen molar-refractivity contribution in [2.45, 2.75) is 19.3 Å². The van der Waals surface area contributed by atoms with Crippen LogP contribution in [0.25, 0.3) is 10.9 Å². The molecule has 0 atom stereocenters. The van der Waals surface area contributed by atoms with Crippen LogP contribution in [0.1, 0.15) is 27.2 Å². The van der Waals surface area contributed by atoms with Crippen molar-refractivity contribution in [2.24, 2.45) is 0 Å². The normalized spacial score (nSPS) is 11.6. The third-order valence-electron chi connectivity index (χ3n) is 5.43. The molecular formula is C25H16Cl3F3N2O3. The Morgan fingerprint density at radius 1 is 0.944 bits per heavy atom. The number of rotatable bonds is 6. The summed E-state index contributed by atoms with van der Waals surface area (Å²) in [7, 11) is 0. The second-order valence-electron chi connectivity index (χ2n) is 7.89. The van der Waals surface area contributed by atoms with E-state index in [1.54, 1.807) is 24.3 Å². The molecule has 1 amide bonds. The number of nitrogens with one attached hydrogen (secondary N) is 1. The van der Waals surface area contributed by atoms with E-state index in [0.717, 1.165) is 10.6 Å². The van der Waals surface area contributed by atoms with Gasteiger partial charge < -0.3 is 15.0 Å². The number of aromatic hydroxyl groups is 1. The molecule has 4 aromatic rings. The maximum Gasteiger partial charge on any atom is 0.432 e. The molecular weight excluding hydrogens is 540 g/mol. The largest absolute Gasteiger partial charge is 0.508 e.